The molecule has 35 heavy (non-hydrogen) atoms. The van der Waals surface area contributed by atoms with Crippen molar-refractivity contribution in [1.82, 2.24) is 9.55 Å². The van der Waals surface area contributed by atoms with Gasteiger partial charge in [-0.3, -0.25) is 0 Å². The maximum absolute atomic E-state index is 8.30. The Morgan fingerprint density at radius 1 is 1.23 bits per heavy atom. The van der Waals surface area contributed by atoms with E-state index in [0.717, 1.165) is 46.6 Å². The van der Waals surface area contributed by atoms with E-state index in [1.54, 1.807) is 13.0 Å². The fraction of sp³-hybridized carbons (Fsp3) is 0.448. The minimum atomic E-state index is 0.277. The van der Waals surface area contributed by atoms with Gasteiger partial charge >= 0.3 is 0 Å². The lowest BCUT2D eigenvalue weighted by Crippen LogP contribution is -2.14. The van der Waals surface area contributed by atoms with E-state index in [1.165, 1.54) is 11.3 Å². The van der Waals surface area contributed by atoms with Crippen LogP contribution >= 0.6 is 0 Å². The molecular weight excluding hydrogens is 434 g/mol. The van der Waals surface area contributed by atoms with Crippen molar-refractivity contribution in [2.45, 2.75) is 74.3 Å². The molecule has 6 heteroatoms. The number of hydrogen-bond acceptors (Lipinski definition) is 5. The fourth-order valence-electron chi connectivity index (χ4n) is 4.33. The highest BCUT2D eigenvalue weighted by Crippen LogP contribution is 2.36. The van der Waals surface area contributed by atoms with Gasteiger partial charge in [0, 0.05) is 23.0 Å². The van der Waals surface area contributed by atoms with Crippen molar-refractivity contribution < 1.29 is 4.74 Å². The Labute approximate surface area is 211 Å². The maximum Gasteiger partial charge on any atom is 0.102 e. The monoisotopic (exact) mass is 477 g/mol. The minimum Gasteiger partial charge on any atom is -0.498 e. The molecule has 0 atom stereocenters. The summed E-state index contributed by atoms with van der Waals surface area (Å²) < 4.78 is 8.28. The van der Waals surface area contributed by atoms with Crippen LogP contribution in [0.2, 0.25) is 0 Å². The number of aromatic nitrogens is 2. The Kier molecular flexibility index (Phi) is 10.4. The molecule has 0 bridgehead atoms. The first-order chi connectivity index (χ1) is 16.7. The SMILES string of the molecule is CC/C=C/C=C\C(=C(/C)OCC)c1cc(NCC(=N)/C=C(/C)N)c2c(n1)c(C)c(CC)n2C(C)C. The van der Waals surface area contributed by atoms with E-state index in [4.69, 9.17) is 20.9 Å². The third-order valence-corrected chi connectivity index (χ3v) is 5.80. The Morgan fingerprint density at radius 3 is 2.51 bits per heavy atom. The predicted octanol–water partition coefficient (Wildman–Crippen LogP) is 7.07. The number of hydrogen-bond donors (Lipinski definition) is 3. The van der Waals surface area contributed by atoms with Gasteiger partial charge in [0.1, 0.15) is 5.76 Å². The number of rotatable bonds is 12. The van der Waals surface area contributed by atoms with Gasteiger partial charge in [0.05, 0.1) is 41.3 Å². The van der Waals surface area contributed by atoms with Crippen LogP contribution < -0.4 is 11.1 Å². The standard InChI is InChI=1S/C29H43N5O/c1-9-12-13-14-15-24(22(8)35-11-3)25-17-26(32-18-23(31)16-20(6)30)29-28(33-25)21(7)27(10-2)34(29)19(4)5/h12-17,19,31H,9-11,18,30H2,1-8H3,(H,32,33)/b13-12+,15-14-,20-16-,24-22-,31-23?. The molecule has 0 aliphatic heterocycles. The highest BCUT2D eigenvalue weighted by molar-refractivity contribution is 5.99. The normalized spacial score (nSPS) is 13.3. The van der Waals surface area contributed by atoms with Crippen LogP contribution in [0, 0.1) is 12.3 Å². The zero-order chi connectivity index (χ0) is 26.1. The van der Waals surface area contributed by atoms with Gasteiger partial charge in [-0.25, -0.2) is 4.98 Å². The van der Waals surface area contributed by atoms with Crippen LogP contribution in [0.25, 0.3) is 16.6 Å². The van der Waals surface area contributed by atoms with Crippen LogP contribution in [-0.2, 0) is 11.2 Å². The molecule has 2 aromatic rings. The van der Waals surface area contributed by atoms with Gasteiger partial charge in [-0.15, -0.1) is 0 Å². The molecule has 2 aromatic heterocycles. The second-order valence-corrected chi connectivity index (χ2v) is 9.01. The van der Waals surface area contributed by atoms with Crippen LogP contribution in [0.1, 0.15) is 77.9 Å². The van der Waals surface area contributed by atoms with E-state index in [9.17, 15) is 0 Å². The van der Waals surface area contributed by atoms with E-state index in [0.29, 0.717) is 24.6 Å². The molecule has 0 aliphatic carbocycles. The number of anilines is 1. The summed E-state index contributed by atoms with van der Waals surface area (Å²) in [5.41, 5.74) is 14.1. The second kappa shape index (κ2) is 13.0. The Morgan fingerprint density at radius 2 is 1.94 bits per heavy atom. The zero-order valence-corrected chi connectivity index (χ0v) is 22.7. The van der Waals surface area contributed by atoms with Gasteiger partial charge in [-0.05, 0) is 78.2 Å². The topological polar surface area (TPSA) is 88.9 Å². The molecule has 6 nitrogen and oxygen atoms in total. The van der Waals surface area contributed by atoms with E-state index in [-0.39, 0.29) is 6.04 Å². The van der Waals surface area contributed by atoms with Gasteiger partial charge in [-0.1, -0.05) is 32.1 Å². The van der Waals surface area contributed by atoms with Crippen molar-refractivity contribution in [3.8, 4) is 0 Å². The molecule has 0 aliphatic rings. The van der Waals surface area contributed by atoms with Gasteiger partial charge in [0.15, 0.2) is 0 Å². The van der Waals surface area contributed by atoms with E-state index >= 15 is 0 Å². The largest absolute Gasteiger partial charge is 0.498 e. The maximum atomic E-state index is 8.30. The van der Waals surface area contributed by atoms with Crippen molar-refractivity contribution in [1.29, 1.82) is 5.41 Å². The smallest absolute Gasteiger partial charge is 0.102 e. The quantitative estimate of drug-likeness (QED) is 0.173. The lowest BCUT2D eigenvalue weighted by Gasteiger charge is -2.18. The summed E-state index contributed by atoms with van der Waals surface area (Å²) in [6.07, 6.45) is 11.9. The third-order valence-electron chi connectivity index (χ3n) is 5.80. The fourth-order valence-corrected chi connectivity index (χ4v) is 4.33. The van der Waals surface area contributed by atoms with Crippen LogP contribution in [0.15, 0.2) is 47.9 Å². The van der Waals surface area contributed by atoms with Crippen molar-refractivity contribution in [3.05, 3.63) is 64.9 Å². The predicted molar refractivity (Wildman–Crippen MR) is 151 cm³/mol. The Hall–Kier alpha value is -3.28. The van der Waals surface area contributed by atoms with Crippen molar-refractivity contribution >= 4 is 28.0 Å². The number of nitrogens with two attached hydrogens (primary N) is 1. The summed E-state index contributed by atoms with van der Waals surface area (Å²) in [6, 6.07) is 2.36. The molecule has 0 radical (unpaired) electrons. The van der Waals surface area contributed by atoms with E-state index in [2.05, 4.69) is 68.8 Å². The molecule has 190 valence electrons. The molecule has 2 heterocycles. The van der Waals surface area contributed by atoms with Crippen LogP contribution in [0.4, 0.5) is 5.69 Å². The van der Waals surface area contributed by atoms with Crippen LogP contribution in [-0.4, -0.2) is 28.4 Å². The number of nitrogens with one attached hydrogen (secondary N) is 2. The molecule has 0 unspecified atom stereocenters. The van der Waals surface area contributed by atoms with Crippen molar-refractivity contribution in [2.24, 2.45) is 5.73 Å². The Bertz CT molecular complexity index is 1160. The number of pyridine rings is 1. The lowest BCUT2D eigenvalue weighted by atomic mass is 10.1. The number of ether oxygens (including phenoxy) is 1. The van der Waals surface area contributed by atoms with Crippen molar-refractivity contribution in [3.63, 3.8) is 0 Å². The zero-order valence-electron chi connectivity index (χ0n) is 22.7. The lowest BCUT2D eigenvalue weighted by molar-refractivity contribution is 0.233. The molecule has 2 rings (SSSR count). The molecular formula is C29H43N5O. The highest BCUT2D eigenvalue weighted by Gasteiger charge is 2.21. The minimum absolute atomic E-state index is 0.277. The van der Waals surface area contributed by atoms with Gasteiger partial charge < -0.3 is 25.8 Å². The summed E-state index contributed by atoms with van der Waals surface area (Å²) in [7, 11) is 0. The molecule has 4 N–H and O–H groups in total. The number of nitrogens with zero attached hydrogens (tertiary/aromatic N) is 2. The number of allylic oxidation sites excluding steroid dienone is 7. The number of aryl methyl sites for hydroxylation is 1. The first-order valence-electron chi connectivity index (χ1n) is 12.6. The molecule has 0 fully saturated rings. The summed E-state index contributed by atoms with van der Waals surface area (Å²) in [6.45, 7) is 17.6. The summed E-state index contributed by atoms with van der Waals surface area (Å²) in [5.74, 6) is 0.831. The molecule has 0 spiro atoms. The highest BCUT2D eigenvalue weighted by atomic mass is 16.5. The second-order valence-electron chi connectivity index (χ2n) is 9.01. The molecule has 0 saturated carbocycles. The average Bonchev–Trinajstić information content (AvgIpc) is 3.09. The van der Waals surface area contributed by atoms with Crippen LogP contribution in [0.5, 0.6) is 0 Å². The van der Waals surface area contributed by atoms with E-state index < -0.39 is 0 Å². The average molecular weight is 478 g/mol. The summed E-state index contributed by atoms with van der Waals surface area (Å²) in [5, 5.41) is 11.8. The van der Waals surface area contributed by atoms with Gasteiger partial charge in [-0.2, -0.15) is 0 Å². The molecule has 0 aromatic carbocycles. The van der Waals surface area contributed by atoms with Gasteiger partial charge in [0.25, 0.3) is 0 Å². The summed E-state index contributed by atoms with van der Waals surface area (Å²) in [4.78, 5) is 5.17. The molecule has 0 amide bonds. The first kappa shape index (κ1) is 28.0. The molecule has 0 saturated heterocycles. The number of fused-ring (bicyclic) bond motifs is 1. The summed E-state index contributed by atoms with van der Waals surface area (Å²) >= 11 is 0. The van der Waals surface area contributed by atoms with Gasteiger partial charge in [0.2, 0.25) is 0 Å². The third kappa shape index (κ3) is 6.87. The van der Waals surface area contributed by atoms with E-state index in [1.807, 2.05) is 19.9 Å². The van der Waals surface area contributed by atoms with Crippen molar-refractivity contribution in [2.75, 3.05) is 18.5 Å². The van der Waals surface area contributed by atoms with Crippen LogP contribution in [0.3, 0.4) is 0 Å². The first-order valence-corrected chi connectivity index (χ1v) is 12.6. The Balaban J connectivity index is 2.81.